The number of ketones is 1. The largest absolute Gasteiger partial charge is 0.303 e. The molecular formula is C21H27N3O3S. The lowest BCUT2D eigenvalue weighted by Crippen LogP contribution is -2.37. The van der Waals surface area contributed by atoms with E-state index in [0.29, 0.717) is 11.1 Å². The zero-order chi connectivity index (χ0) is 20.1. The molecule has 1 aliphatic heterocycles. The zero-order valence-corrected chi connectivity index (χ0v) is 17.0. The molecule has 0 amide bonds. The first-order chi connectivity index (χ1) is 13.3. The van der Waals surface area contributed by atoms with E-state index in [-0.39, 0.29) is 17.5 Å². The van der Waals surface area contributed by atoms with Gasteiger partial charge in [-0.3, -0.25) is 9.78 Å². The first-order valence-corrected chi connectivity index (χ1v) is 11.3. The van der Waals surface area contributed by atoms with Crippen molar-refractivity contribution in [1.29, 1.82) is 0 Å². The van der Waals surface area contributed by atoms with Crippen LogP contribution in [-0.4, -0.2) is 43.7 Å². The second-order valence-corrected chi connectivity index (χ2v) is 9.12. The Kier molecular flexibility index (Phi) is 6.59. The number of Topliss-reactive ketones (excluding diaryl/α,β-unsaturated/α-hetero) is 1. The highest BCUT2D eigenvalue weighted by Crippen LogP contribution is 2.22. The molecule has 0 spiro atoms. The predicted molar refractivity (Wildman–Crippen MR) is 109 cm³/mol. The summed E-state index contributed by atoms with van der Waals surface area (Å²) in [6.45, 7) is 4.78. The van der Waals surface area contributed by atoms with Crippen LogP contribution in [0.15, 0.2) is 42.5 Å². The van der Waals surface area contributed by atoms with Crippen molar-refractivity contribution in [3.63, 3.8) is 0 Å². The van der Waals surface area contributed by atoms with Crippen LogP contribution in [0.2, 0.25) is 0 Å². The Labute approximate surface area is 166 Å². The number of pyridine rings is 1. The first-order valence-electron chi connectivity index (χ1n) is 9.59. The van der Waals surface area contributed by atoms with Gasteiger partial charge >= 0.3 is 0 Å². The van der Waals surface area contributed by atoms with Gasteiger partial charge in [-0.1, -0.05) is 30.3 Å². The number of nitrogens with two attached hydrogens (primary N) is 1. The van der Waals surface area contributed by atoms with Crippen molar-refractivity contribution in [2.75, 3.05) is 19.6 Å². The van der Waals surface area contributed by atoms with Gasteiger partial charge in [0.1, 0.15) is 0 Å². The maximum atomic E-state index is 12.7. The fourth-order valence-corrected chi connectivity index (χ4v) is 4.32. The number of hydrogen-bond donors (Lipinski definition) is 1. The van der Waals surface area contributed by atoms with Gasteiger partial charge in [0.15, 0.2) is 5.78 Å². The van der Waals surface area contributed by atoms with Crippen LogP contribution in [0.4, 0.5) is 0 Å². The van der Waals surface area contributed by atoms with E-state index >= 15 is 0 Å². The molecule has 7 heteroatoms. The van der Waals surface area contributed by atoms with E-state index in [9.17, 15) is 13.2 Å². The Morgan fingerprint density at radius 3 is 2.43 bits per heavy atom. The van der Waals surface area contributed by atoms with Crippen molar-refractivity contribution in [2.45, 2.75) is 31.9 Å². The SMILES string of the molecule is Cc1cccc(CCN2CCC(C(=O)c3ccc(CS(N)(=O)=O)cc3)CC2)n1. The lowest BCUT2D eigenvalue weighted by molar-refractivity contribution is 0.0841. The molecule has 0 radical (unpaired) electrons. The van der Waals surface area contributed by atoms with Crippen LogP contribution in [0.3, 0.4) is 0 Å². The van der Waals surface area contributed by atoms with E-state index in [2.05, 4.69) is 16.0 Å². The minimum absolute atomic E-state index is 0.0254. The summed E-state index contributed by atoms with van der Waals surface area (Å²) in [6, 6.07) is 12.8. The first kappa shape index (κ1) is 20.6. The summed E-state index contributed by atoms with van der Waals surface area (Å²) in [5.41, 5.74) is 3.38. The Morgan fingerprint density at radius 1 is 1.14 bits per heavy atom. The van der Waals surface area contributed by atoms with E-state index in [1.165, 1.54) is 0 Å². The predicted octanol–water partition coefficient (Wildman–Crippen LogP) is 2.32. The van der Waals surface area contributed by atoms with Crippen molar-refractivity contribution in [3.05, 3.63) is 65.0 Å². The van der Waals surface area contributed by atoms with Gasteiger partial charge in [0.25, 0.3) is 0 Å². The van der Waals surface area contributed by atoms with Gasteiger partial charge < -0.3 is 4.90 Å². The van der Waals surface area contributed by atoms with Gasteiger partial charge in [-0.15, -0.1) is 0 Å². The number of nitrogens with zero attached hydrogens (tertiary/aromatic N) is 2. The molecule has 150 valence electrons. The van der Waals surface area contributed by atoms with Crippen molar-refractivity contribution in [1.82, 2.24) is 9.88 Å². The van der Waals surface area contributed by atoms with Crippen LogP contribution in [0.5, 0.6) is 0 Å². The summed E-state index contributed by atoms with van der Waals surface area (Å²) in [5, 5.41) is 5.06. The van der Waals surface area contributed by atoms with E-state index in [0.717, 1.165) is 50.3 Å². The van der Waals surface area contributed by atoms with Crippen molar-refractivity contribution >= 4 is 15.8 Å². The quantitative estimate of drug-likeness (QED) is 0.719. The topological polar surface area (TPSA) is 93.4 Å². The van der Waals surface area contributed by atoms with Gasteiger partial charge in [0.2, 0.25) is 10.0 Å². The van der Waals surface area contributed by atoms with Crippen LogP contribution in [0, 0.1) is 12.8 Å². The number of carbonyl (C=O) groups is 1. The Morgan fingerprint density at radius 2 is 1.82 bits per heavy atom. The molecule has 2 aromatic rings. The molecule has 2 heterocycles. The van der Waals surface area contributed by atoms with Gasteiger partial charge in [-0.05, 0) is 50.6 Å². The molecule has 0 aliphatic carbocycles. The lowest BCUT2D eigenvalue weighted by Gasteiger charge is -2.31. The van der Waals surface area contributed by atoms with Gasteiger partial charge in [-0.25, -0.2) is 13.6 Å². The maximum Gasteiger partial charge on any atom is 0.213 e. The van der Waals surface area contributed by atoms with Crippen molar-refractivity contribution in [3.8, 4) is 0 Å². The molecule has 1 fully saturated rings. The smallest absolute Gasteiger partial charge is 0.213 e. The molecule has 1 aromatic heterocycles. The third-order valence-corrected chi connectivity index (χ3v) is 5.93. The zero-order valence-electron chi connectivity index (χ0n) is 16.2. The number of likely N-dealkylation sites (tertiary alicyclic amines) is 1. The van der Waals surface area contributed by atoms with E-state index in [4.69, 9.17) is 5.14 Å². The van der Waals surface area contributed by atoms with Crippen molar-refractivity contribution in [2.24, 2.45) is 11.1 Å². The summed E-state index contributed by atoms with van der Waals surface area (Å²) in [7, 11) is -3.56. The molecule has 0 unspecified atom stereocenters. The van der Waals surface area contributed by atoms with Gasteiger partial charge in [0.05, 0.1) is 5.75 Å². The van der Waals surface area contributed by atoms with Gasteiger partial charge in [0, 0.05) is 35.8 Å². The number of rotatable bonds is 7. The number of piperidine rings is 1. The minimum atomic E-state index is -3.56. The number of carbonyl (C=O) groups excluding carboxylic acids is 1. The number of aryl methyl sites for hydroxylation is 1. The fraction of sp³-hybridized carbons (Fsp3) is 0.429. The second-order valence-electron chi connectivity index (χ2n) is 7.50. The number of primary sulfonamides is 1. The van der Waals surface area contributed by atoms with Crippen LogP contribution >= 0.6 is 0 Å². The third-order valence-electron chi connectivity index (χ3n) is 5.19. The highest BCUT2D eigenvalue weighted by atomic mass is 32.2. The monoisotopic (exact) mass is 401 g/mol. The minimum Gasteiger partial charge on any atom is -0.303 e. The lowest BCUT2D eigenvalue weighted by atomic mass is 9.88. The molecule has 6 nitrogen and oxygen atoms in total. The summed E-state index contributed by atoms with van der Waals surface area (Å²) in [5.74, 6) is -0.0464. The average Bonchev–Trinajstić information content (AvgIpc) is 2.66. The van der Waals surface area contributed by atoms with Crippen LogP contribution in [0.1, 0.15) is 40.2 Å². The van der Waals surface area contributed by atoms with Crippen LogP contribution < -0.4 is 5.14 Å². The normalized spacial score (nSPS) is 16.2. The third kappa shape index (κ3) is 5.95. The molecule has 0 bridgehead atoms. The van der Waals surface area contributed by atoms with E-state index < -0.39 is 10.0 Å². The molecule has 0 saturated carbocycles. The second kappa shape index (κ2) is 8.94. The number of benzene rings is 1. The number of hydrogen-bond acceptors (Lipinski definition) is 5. The molecule has 0 atom stereocenters. The average molecular weight is 402 g/mol. The van der Waals surface area contributed by atoms with Gasteiger partial charge in [-0.2, -0.15) is 0 Å². The highest BCUT2D eigenvalue weighted by Gasteiger charge is 2.25. The Balaban J connectivity index is 1.49. The fourth-order valence-electron chi connectivity index (χ4n) is 3.66. The summed E-state index contributed by atoms with van der Waals surface area (Å²) < 4.78 is 22.3. The Hall–Kier alpha value is -2.09. The molecular weight excluding hydrogens is 374 g/mol. The summed E-state index contributed by atoms with van der Waals surface area (Å²) in [4.78, 5) is 19.7. The van der Waals surface area contributed by atoms with E-state index in [1.54, 1.807) is 24.3 Å². The number of sulfonamides is 1. The highest BCUT2D eigenvalue weighted by molar-refractivity contribution is 7.88. The van der Waals surface area contributed by atoms with Crippen LogP contribution in [-0.2, 0) is 22.2 Å². The molecule has 1 saturated heterocycles. The number of aromatic nitrogens is 1. The van der Waals surface area contributed by atoms with E-state index in [1.807, 2.05) is 19.1 Å². The summed E-state index contributed by atoms with van der Waals surface area (Å²) >= 11 is 0. The Bertz CT molecular complexity index is 918. The molecule has 3 rings (SSSR count). The standard InChI is InChI=1S/C21H27N3O3S/c1-16-3-2-4-20(23-16)11-14-24-12-9-19(10-13-24)21(25)18-7-5-17(6-8-18)15-28(22,26)27/h2-8,19H,9-15H2,1H3,(H2,22,26,27). The molecule has 28 heavy (non-hydrogen) atoms. The summed E-state index contributed by atoms with van der Waals surface area (Å²) in [6.07, 6.45) is 2.61. The van der Waals surface area contributed by atoms with Crippen molar-refractivity contribution < 1.29 is 13.2 Å². The van der Waals surface area contributed by atoms with Crippen LogP contribution in [0.25, 0.3) is 0 Å². The molecule has 1 aliphatic rings. The molecule has 1 aromatic carbocycles. The molecule has 2 N–H and O–H groups in total. The maximum absolute atomic E-state index is 12.7.